The normalized spacial score (nSPS) is 10.1. The molecular weight excluding hydrogens is 236 g/mol. The molecule has 0 saturated carbocycles. The number of halogens is 1. The molecule has 0 radical (unpaired) electrons. The second-order valence-corrected chi connectivity index (χ2v) is 3.44. The van der Waals surface area contributed by atoms with Gasteiger partial charge in [-0.2, -0.15) is 0 Å². The molecule has 0 aliphatic heterocycles. The lowest BCUT2D eigenvalue weighted by Gasteiger charge is -2.07. The Hall–Kier alpha value is -0.740. The molecule has 0 bridgehead atoms. The largest absolute Gasteiger partial charge is 0.504 e. The minimum Gasteiger partial charge on any atom is -0.504 e. The molecule has 0 spiro atoms. The summed E-state index contributed by atoms with van der Waals surface area (Å²) in [5.41, 5.74) is 0.862. The van der Waals surface area contributed by atoms with E-state index in [4.69, 9.17) is 9.84 Å². The molecule has 0 unspecified atom stereocenters. The number of aromatic hydroxyl groups is 1. The zero-order valence-corrected chi connectivity index (χ0v) is 8.84. The Balaban J connectivity index is 3.05. The molecule has 1 aromatic carbocycles. The molecule has 0 fully saturated rings. The molecule has 0 aliphatic carbocycles. The third kappa shape index (κ3) is 2.35. The summed E-state index contributed by atoms with van der Waals surface area (Å²) in [6.07, 6.45) is 0.512. The SMILES string of the molecule is COc1cc(Br)c(CCO)cc1O. The predicted molar refractivity (Wildman–Crippen MR) is 53.1 cm³/mol. The lowest BCUT2D eigenvalue weighted by atomic mass is 10.1. The molecule has 1 aromatic rings. The van der Waals surface area contributed by atoms with Gasteiger partial charge in [0.1, 0.15) is 0 Å². The minimum absolute atomic E-state index is 0.0599. The van der Waals surface area contributed by atoms with Crippen molar-refractivity contribution in [3.8, 4) is 11.5 Å². The molecule has 0 aromatic heterocycles. The maximum Gasteiger partial charge on any atom is 0.161 e. The van der Waals surface area contributed by atoms with Crippen LogP contribution in [0.15, 0.2) is 16.6 Å². The summed E-state index contributed by atoms with van der Waals surface area (Å²) in [5.74, 6) is 0.516. The lowest BCUT2D eigenvalue weighted by molar-refractivity contribution is 0.299. The van der Waals surface area contributed by atoms with E-state index >= 15 is 0 Å². The first kappa shape index (κ1) is 10.3. The fourth-order valence-electron chi connectivity index (χ4n) is 1.06. The molecule has 0 atom stereocenters. The van der Waals surface area contributed by atoms with Gasteiger partial charge in [-0.05, 0) is 24.1 Å². The van der Waals surface area contributed by atoms with Gasteiger partial charge in [0.05, 0.1) is 7.11 Å². The van der Waals surface area contributed by atoms with Crippen molar-refractivity contribution in [3.63, 3.8) is 0 Å². The van der Waals surface area contributed by atoms with Crippen molar-refractivity contribution in [2.24, 2.45) is 0 Å². The fraction of sp³-hybridized carbons (Fsp3) is 0.333. The van der Waals surface area contributed by atoms with Crippen molar-refractivity contribution in [1.82, 2.24) is 0 Å². The van der Waals surface area contributed by atoms with Crippen LogP contribution in [0.25, 0.3) is 0 Å². The molecule has 1 rings (SSSR count). The highest BCUT2D eigenvalue weighted by atomic mass is 79.9. The Kier molecular flexibility index (Phi) is 3.57. The highest BCUT2D eigenvalue weighted by Gasteiger charge is 2.06. The number of aliphatic hydroxyl groups excluding tert-OH is 1. The van der Waals surface area contributed by atoms with Gasteiger partial charge in [0.25, 0.3) is 0 Å². The number of benzene rings is 1. The first-order valence-corrected chi connectivity index (χ1v) is 4.64. The fourth-order valence-corrected chi connectivity index (χ4v) is 1.58. The first-order chi connectivity index (χ1) is 6.19. The maximum atomic E-state index is 9.41. The Morgan fingerprint density at radius 1 is 1.46 bits per heavy atom. The van der Waals surface area contributed by atoms with Gasteiger partial charge >= 0.3 is 0 Å². The summed E-state index contributed by atoms with van der Waals surface area (Å²) < 4.78 is 5.75. The molecule has 4 heteroatoms. The van der Waals surface area contributed by atoms with E-state index in [1.165, 1.54) is 7.11 Å². The summed E-state index contributed by atoms with van der Waals surface area (Å²) in [5, 5.41) is 18.1. The molecule has 0 saturated heterocycles. The second kappa shape index (κ2) is 4.48. The van der Waals surface area contributed by atoms with E-state index in [0.717, 1.165) is 10.0 Å². The standard InChI is InChI=1S/C9H11BrO3/c1-13-9-5-7(10)6(2-3-11)4-8(9)12/h4-5,11-12H,2-3H2,1H3. The number of methoxy groups -OCH3 is 1. The first-order valence-electron chi connectivity index (χ1n) is 3.85. The number of phenols is 1. The molecule has 0 heterocycles. The average Bonchev–Trinajstić information content (AvgIpc) is 2.11. The number of aliphatic hydroxyl groups is 1. The Morgan fingerprint density at radius 3 is 2.69 bits per heavy atom. The van der Waals surface area contributed by atoms with Crippen molar-refractivity contribution in [2.45, 2.75) is 6.42 Å². The second-order valence-electron chi connectivity index (χ2n) is 2.59. The van der Waals surface area contributed by atoms with E-state index in [0.29, 0.717) is 12.2 Å². The van der Waals surface area contributed by atoms with Crippen LogP contribution >= 0.6 is 15.9 Å². The molecule has 72 valence electrons. The van der Waals surface area contributed by atoms with Gasteiger partial charge in [-0.1, -0.05) is 15.9 Å². The van der Waals surface area contributed by atoms with Crippen LogP contribution in [-0.4, -0.2) is 23.9 Å². The monoisotopic (exact) mass is 246 g/mol. The topological polar surface area (TPSA) is 49.7 Å². The summed E-state index contributed by atoms with van der Waals surface area (Å²) in [4.78, 5) is 0. The summed E-state index contributed by atoms with van der Waals surface area (Å²) in [7, 11) is 1.49. The molecule has 0 amide bonds. The zero-order valence-electron chi connectivity index (χ0n) is 7.25. The molecule has 3 nitrogen and oxygen atoms in total. The number of ether oxygens (including phenoxy) is 1. The van der Waals surface area contributed by atoms with E-state index in [9.17, 15) is 5.11 Å². The number of hydrogen-bond donors (Lipinski definition) is 2. The van der Waals surface area contributed by atoms with Crippen LogP contribution < -0.4 is 4.74 Å². The smallest absolute Gasteiger partial charge is 0.161 e. The van der Waals surface area contributed by atoms with Crippen LogP contribution in [0.3, 0.4) is 0 Å². The van der Waals surface area contributed by atoms with Gasteiger partial charge in [0, 0.05) is 11.1 Å². The van der Waals surface area contributed by atoms with Crippen LogP contribution in [0.4, 0.5) is 0 Å². The summed E-state index contributed by atoms with van der Waals surface area (Å²) in [6.45, 7) is 0.0599. The Morgan fingerprint density at radius 2 is 2.15 bits per heavy atom. The number of rotatable bonds is 3. The highest BCUT2D eigenvalue weighted by molar-refractivity contribution is 9.10. The van der Waals surface area contributed by atoms with E-state index in [1.54, 1.807) is 12.1 Å². The van der Waals surface area contributed by atoms with Crippen molar-refractivity contribution >= 4 is 15.9 Å². The zero-order chi connectivity index (χ0) is 9.84. The minimum atomic E-state index is 0.0599. The quantitative estimate of drug-likeness (QED) is 0.854. The summed E-state index contributed by atoms with van der Waals surface area (Å²) in [6, 6.07) is 3.26. The van der Waals surface area contributed by atoms with Gasteiger partial charge in [0.2, 0.25) is 0 Å². The van der Waals surface area contributed by atoms with E-state index in [2.05, 4.69) is 15.9 Å². The van der Waals surface area contributed by atoms with Gasteiger partial charge in [0.15, 0.2) is 11.5 Å². The van der Waals surface area contributed by atoms with Crippen molar-refractivity contribution in [3.05, 3.63) is 22.2 Å². The Labute approximate surface area is 85.1 Å². The third-order valence-corrected chi connectivity index (χ3v) is 2.47. The highest BCUT2D eigenvalue weighted by Crippen LogP contribution is 2.32. The van der Waals surface area contributed by atoms with Gasteiger partial charge < -0.3 is 14.9 Å². The molecule has 2 N–H and O–H groups in total. The van der Waals surface area contributed by atoms with E-state index in [-0.39, 0.29) is 12.4 Å². The number of phenolic OH excluding ortho intramolecular Hbond substituents is 1. The average molecular weight is 247 g/mol. The lowest BCUT2D eigenvalue weighted by Crippen LogP contribution is -1.93. The van der Waals surface area contributed by atoms with E-state index < -0.39 is 0 Å². The maximum absolute atomic E-state index is 9.41. The summed E-state index contributed by atoms with van der Waals surface area (Å²) >= 11 is 3.32. The number of hydrogen-bond acceptors (Lipinski definition) is 3. The van der Waals surface area contributed by atoms with Crippen LogP contribution in [0, 0.1) is 0 Å². The van der Waals surface area contributed by atoms with Crippen LogP contribution in [0.2, 0.25) is 0 Å². The third-order valence-electron chi connectivity index (χ3n) is 1.73. The van der Waals surface area contributed by atoms with Gasteiger partial charge in [-0.3, -0.25) is 0 Å². The predicted octanol–water partition coefficient (Wildman–Crippen LogP) is 1.70. The van der Waals surface area contributed by atoms with Gasteiger partial charge in [-0.15, -0.1) is 0 Å². The van der Waals surface area contributed by atoms with Crippen molar-refractivity contribution in [1.29, 1.82) is 0 Å². The van der Waals surface area contributed by atoms with Crippen molar-refractivity contribution < 1.29 is 14.9 Å². The van der Waals surface area contributed by atoms with Crippen molar-refractivity contribution in [2.75, 3.05) is 13.7 Å². The van der Waals surface area contributed by atoms with Crippen LogP contribution in [0.1, 0.15) is 5.56 Å². The molecular formula is C9H11BrO3. The Bertz CT molecular complexity index is 299. The van der Waals surface area contributed by atoms with Gasteiger partial charge in [-0.25, -0.2) is 0 Å². The molecule has 0 aliphatic rings. The van der Waals surface area contributed by atoms with Crippen LogP contribution in [-0.2, 0) is 6.42 Å². The van der Waals surface area contributed by atoms with Crippen LogP contribution in [0.5, 0.6) is 11.5 Å². The molecule has 13 heavy (non-hydrogen) atoms. The van der Waals surface area contributed by atoms with E-state index in [1.807, 2.05) is 0 Å².